The number of nitrogens with one attached hydrogen (secondary N) is 1. The van der Waals surface area contributed by atoms with E-state index in [1.54, 1.807) is 13.0 Å². The Bertz CT molecular complexity index is 414. The molecule has 0 aliphatic rings. The Morgan fingerprint density at radius 1 is 1.39 bits per heavy atom. The largest absolute Gasteiger partial charge is 0.452 e. The highest BCUT2D eigenvalue weighted by molar-refractivity contribution is 5.83. The number of esters is 1. The quantitative estimate of drug-likeness (QED) is 0.611. The van der Waals surface area contributed by atoms with Gasteiger partial charge in [-0.05, 0) is 12.5 Å². The first-order chi connectivity index (χ1) is 8.63. The van der Waals surface area contributed by atoms with E-state index in [4.69, 9.17) is 4.74 Å². The van der Waals surface area contributed by atoms with Crippen molar-refractivity contribution in [3.8, 4) is 0 Å². The van der Waals surface area contributed by atoms with Gasteiger partial charge in [0.15, 0.2) is 6.10 Å². The molecule has 0 saturated heterocycles. The SMILES string of the molecule is C=CCNC(=O)C(C)OC(=O)Cc1ccccc1. The third-order valence-electron chi connectivity index (χ3n) is 2.29. The summed E-state index contributed by atoms with van der Waals surface area (Å²) in [5, 5.41) is 2.57. The minimum absolute atomic E-state index is 0.167. The summed E-state index contributed by atoms with van der Waals surface area (Å²) in [6.07, 6.45) is 0.942. The molecule has 4 heteroatoms. The van der Waals surface area contributed by atoms with Crippen LogP contribution in [0.25, 0.3) is 0 Å². The van der Waals surface area contributed by atoms with Gasteiger partial charge in [0.1, 0.15) is 0 Å². The van der Waals surface area contributed by atoms with Gasteiger partial charge in [0.2, 0.25) is 0 Å². The second-order valence-corrected chi connectivity index (χ2v) is 3.83. The van der Waals surface area contributed by atoms with Gasteiger partial charge in [-0.25, -0.2) is 0 Å². The second-order valence-electron chi connectivity index (χ2n) is 3.83. The molecule has 96 valence electrons. The van der Waals surface area contributed by atoms with Crippen molar-refractivity contribution in [2.24, 2.45) is 0 Å². The molecule has 0 aliphatic carbocycles. The summed E-state index contributed by atoms with van der Waals surface area (Å²) in [4.78, 5) is 23.0. The lowest BCUT2D eigenvalue weighted by molar-refractivity contribution is -0.154. The molecule has 0 saturated carbocycles. The zero-order valence-electron chi connectivity index (χ0n) is 10.4. The Morgan fingerprint density at radius 3 is 2.67 bits per heavy atom. The fourth-order valence-electron chi connectivity index (χ4n) is 1.37. The molecule has 4 nitrogen and oxygen atoms in total. The van der Waals surface area contributed by atoms with Crippen LogP contribution in [0.3, 0.4) is 0 Å². The second kappa shape index (κ2) is 7.27. The average Bonchev–Trinajstić information content (AvgIpc) is 2.36. The maximum Gasteiger partial charge on any atom is 0.311 e. The van der Waals surface area contributed by atoms with Crippen molar-refractivity contribution < 1.29 is 14.3 Å². The minimum Gasteiger partial charge on any atom is -0.452 e. The van der Waals surface area contributed by atoms with Crippen molar-refractivity contribution in [2.45, 2.75) is 19.4 Å². The maximum atomic E-state index is 11.6. The molecule has 0 spiro atoms. The first-order valence-electron chi connectivity index (χ1n) is 5.75. The van der Waals surface area contributed by atoms with Gasteiger partial charge < -0.3 is 10.1 Å². The van der Waals surface area contributed by atoms with Gasteiger partial charge in [-0.2, -0.15) is 0 Å². The van der Waals surface area contributed by atoms with Gasteiger partial charge in [-0.1, -0.05) is 36.4 Å². The molecule has 0 radical (unpaired) electrons. The lowest BCUT2D eigenvalue weighted by atomic mass is 10.1. The fraction of sp³-hybridized carbons (Fsp3) is 0.286. The van der Waals surface area contributed by atoms with Gasteiger partial charge in [-0.15, -0.1) is 6.58 Å². The molecule has 1 unspecified atom stereocenters. The summed E-state index contributed by atoms with van der Waals surface area (Å²) in [6, 6.07) is 9.25. The molecule has 1 aromatic rings. The average molecular weight is 247 g/mol. The highest BCUT2D eigenvalue weighted by atomic mass is 16.5. The van der Waals surface area contributed by atoms with E-state index in [-0.39, 0.29) is 12.3 Å². The van der Waals surface area contributed by atoms with Crippen LogP contribution >= 0.6 is 0 Å². The van der Waals surface area contributed by atoms with Gasteiger partial charge in [0.05, 0.1) is 6.42 Å². The summed E-state index contributed by atoms with van der Waals surface area (Å²) in [7, 11) is 0. The fourth-order valence-corrected chi connectivity index (χ4v) is 1.37. The Kier molecular flexibility index (Phi) is 5.64. The van der Waals surface area contributed by atoms with E-state index in [1.807, 2.05) is 30.3 Å². The zero-order valence-corrected chi connectivity index (χ0v) is 10.4. The maximum absolute atomic E-state index is 11.6. The number of hydrogen-bond acceptors (Lipinski definition) is 3. The number of ether oxygens (including phenoxy) is 1. The third kappa shape index (κ3) is 4.82. The lowest BCUT2D eigenvalue weighted by Gasteiger charge is -2.12. The standard InChI is InChI=1S/C14H17NO3/c1-3-9-15-14(17)11(2)18-13(16)10-12-7-5-4-6-8-12/h3-8,11H,1,9-10H2,2H3,(H,15,17). The van der Waals surface area contributed by atoms with Crippen LogP contribution in [0.1, 0.15) is 12.5 Å². The van der Waals surface area contributed by atoms with Crippen molar-refractivity contribution in [3.05, 3.63) is 48.6 Å². The van der Waals surface area contributed by atoms with Gasteiger partial charge in [-0.3, -0.25) is 9.59 Å². The molecule has 1 aromatic carbocycles. The molecule has 0 aromatic heterocycles. The van der Waals surface area contributed by atoms with Crippen molar-refractivity contribution in [1.82, 2.24) is 5.32 Å². The van der Waals surface area contributed by atoms with Crippen LogP contribution in [0, 0.1) is 0 Å². The van der Waals surface area contributed by atoms with Gasteiger partial charge in [0, 0.05) is 6.54 Å². The number of rotatable bonds is 6. The normalized spacial score (nSPS) is 11.4. The van der Waals surface area contributed by atoms with Crippen LogP contribution in [0.5, 0.6) is 0 Å². The molecule has 0 heterocycles. The number of benzene rings is 1. The predicted molar refractivity (Wildman–Crippen MR) is 68.9 cm³/mol. The van der Waals surface area contributed by atoms with E-state index < -0.39 is 12.1 Å². The molecule has 1 amide bonds. The monoisotopic (exact) mass is 247 g/mol. The summed E-state index contributed by atoms with van der Waals surface area (Å²) < 4.78 is 5.03. The number of hydrogen-bond donors (Lipinski definition) is 1. The van der Waals surface area contributed by atoms with Crippen molar-refractivity contribution in [2.75, 3.05) is 6.54 Å². The molecule has 1 rings (SSSR count). The molecular weight excluding hydrogens is 230 g/mol. The topological polar surface area (TPSA) is 55.4 Å². The summed E-state index contributed by atoms with van der Waals surface area (Å²) in [5.41, 5.74) is 0.862. The van der Waals surface area contributed by atoms with E-state index in [0.29, 0.717) is 6.54 Å². The van der Waals surface area contributed by atoms with Crippen molar-refractivity contribution in [1.29, 1.82) is 0 Å². The molecular formula is C14H17NO3. The van der Waals surface area contributed by atoms with E-state index in [1.165, 1.54) is 0 Å². The summed E-state index contributed by atoms with van der Waals surface area (Å²) >= 11 is 0. The molecule has 1 atom stereocenters. The Hall–Kier alpha value is -2.10. The van der Waals surface area contributed by atoms with Crippen LogP contribution in [-0.4, -0.2) is 24.5 Å². The summed E-state index contributed by atoms with van der Waals surface area (Å²) in [6.45, 7) is 5.39. The molecule has 0 fully saturated rings. The lowest BCUT2D eigenvalue weighted by Crippen LogP contribution is -2.36. The van der Waals surface area contributed by atoms with Crippen LogP contribution in [0.2, 0.25) is 0 Å². The summed E-state index contributed by atoms with van der Waals surface area (Å²) in [5.74, 6) is -0.737. The Labute approximate surface area is 107 Å². The van der Waals surface area contributed by atoms with Gasteiger partial charge in [0.25, 0.3) is 5.91 Å². The van der Waals surface area contributed by atoms with E-state index in [9.17, 15) is 9.59 Å². The number of amides is 1. The molecule has 0 bridgehead atoms. The van der Waals surface area contributed by atoms with E-state index in [0.717, 1.165) is 5.56 Å². The van der Waals surface area contributed by atoms with Crippen molar-refractivity contribution in [3.63, 3.8) is 0 Å². The Morgan fingerprint density at radius 2 is 2.06 bits per heavy atom. The number of carbonyl (C=O) groups is 2. The van der Waals surface area contributed by atoms with Gasteiger partial charge >= 0.3 is 5.97 Å². The Balaban J connectivity index is 2.40. The predicted octanol–water partition coefficient (Wildman–Crippen LogP) is 1.46. The van der Waals surface area contributed by atoms with Crippen LogP contribution in [0.4, 0.5) is 0 Å². The highest BCUT2D eigenvalue weighted by Gasteiger charge is 2.16. The number of carbonyl (C=O) groups excluding carboxylic acids is 2. The van der Waals surface area contributed by atoms with E-state index >= 15 is 0 Å². The molecule has 1 N–H and O–H groups in total. The zero-order chi connectivity index (χ0) is 13.4. The van der Waals surface area contributed by atoms with Crippen molar-refractivity contribution >= 4 is 11.9 Å². The molecule has 18 heavy (non-hydrogen) atoms. The highest BCUT2D eigenvalue weighted by Crippen LogP contribution is 2.02. The first kappa shape index (κ1) is 14.0. The van der Waals surface area contributed by atoms with Crippen LogP contribution < -0.4 is 5.32 Å². The third-order valence-corrected chi connectivity index (χ3v) is 2.29. The minimum atomic E-state index is -0.791. The first-order valence-corrected chi connectivity index (χ1v) is 5.75. The van der Waals surface area contributed by atoms with Crippen LogP contribution in [0.15, 0.2) is 43.0 Å². The molecule has 0 aliphatic heterocycles. The smallest absolute Gasteiger partial charge is 0.311 e. The van der Waals surface area contributed by atoms with Crippen LogP contribution in [-0.2, 0) is 20.7 Å². The van der Waals surface area contributed by atoms with E-state index in [2.05, 4.69) is 11.9 Å².